The Morgan fingerprint density at radius 1 is 1.16 bits per heavy atom. The molecule has 162 valence electrons. The molecule has 2 amide bonds. The van der Waals surface area contributed by atoms with E-state index in [1.54, 1.807) is 11.8 Å². The van der Waals surface area contributed by atoms with Gasteiger partial charge >= 0.3 is 0 Å². The molecule has 32 heavy (non-hydrogen) atoms. The number of piperazine rings is 1. The lowest BCUT2D eigenvalue weighted by Gasteiger charge is -2.58. The Morgan fingerprint density at radius 2 is 1.94 bits per heavy atom. The van der Waals surface area contributed by atoms with Crippen molar-refractivity contribution in [2.75, 3.05) is 4.90 Å². The molecule has 4 saturated heterocycles. The number of nitrogens with one attached hydrogen (secondary N) is 2. The molecule has 6 heterocycles. The van der Waals surface area contributed by atoms with Gasteiger partial charge in [-0.05, 0) is 36.6 Å². The highest BCUT2D eigenvalue weighted by atomic mass is 16.3. The summed E-state index contributed by atoms with van der Waals surface area (Å²) in [6.45, 7) is 2.29. The maximum atomic E-state index is 13.3. The quantitative estimate of drug-likeness (QED) is 0.622. The fourth-order valence-electron chi connectivity index (χ4n) is 6.49. The van der Waals surface area contributed by atoms with Crippen molar-refractivity contribution < 1.29 is 14.7 Å². The van der Waals surface area contributed by atoms with E-state index in [2.05, 4.69) is 27.7 Å². The van der Waals surface area contributed by atoms with E-state index in [9.17, 15) is 14.7 Å². The lowest BCUT2D eigenvalue weighted by atomic mass is 9.63. The van der Waals surface area contributed by atoms with E-state index in [1.807, 2.05) is 36.4 Å². The van der Waals surface area contributed by atoms with Crippen molar-refractivity contribution >= 4 is 29.0 Å². The second-order valence-corrected chi connectivity index (χ2v) is 9.44. The van der Waals surface area contributed by atoms with Crippen LogP contribution in [0, 0.1) is 0 Å². The van der Waals surface area contributed by atoms with Crippen LogP contribution in [0.3, 0.4) is 0 Å². The normalized spacial score (nSPS) is 34.6. The Balaban J connectivity index is 1.44. The molecule has 8 rings (SSSR count). The number of amides is 2. The third-order valence-electron chi connectivity index (χ3n) is 7.87. The number of amidine groups is 1. The van der Waals surface area contributed by atoms with Crippen molar-refractivity contribution in [2.45, 2.75) is 55.7 Å². The van der Waals surface area contributed by atoms with E-state index in [4.69, 9.17) is 4.99 Å². The van der Waals surface area contributed by atoms with Crippen molar-refractivity contribution in [3.63, 3.8) is 0 Å². The highest BCUT2D eigenvalue weighted by Gasteiger charge is 2.69. The van der Waals surface area contributed by atoms with Crippen molar-refractivity contribution in [3.05, 3.63) is 59.7 Å². The van der Waals surface area contributed by atoms with Crippen LogP contribution in [0.2, 0.25) is 0 Å². The zero-order chi connectivity index (χ0) is 21.8. The van der Waals surface area contributed by atoms with Crippen LogP contribution in [-0.2, 0) is 21.5 Å². The standard InChI is InChI=1S/C24H23N5O3/c1-12(30)18-22(32)29-16-9-5-3-7-14(16)24(23(29)26-18)10-17-21(31)27-19(24)20-25-15-8-4-2-6-13(15)11-28(17)20/h2-9,12,17-19,23,26,30H,10-11H2,1H3,(H,27,31)/t12-,17?,18-,19+,23-,24+/m0/s1. The number of nitrogens with zero attached hydrogens (tertiary/aromatic N) is 3. The Morgan fingerprint density at radius 3 is 2.78 bits per heavy atom. The number of carbonyl (C=O) groups excluding carboxylic acids is 2. The van der Waals surface area contributed by atoms with Crippen LogP contribution in [0.15, 0.2) is 53.5 Å². The van der Waals surface area contributed by atoms with Gasteiger partial charge in [0.05, 0.1) is 23.2 Å². The molecule has 1 spiro atoms. The molecule has 8 heteroatoms. The van der Waals surface area contributed by atoms with Gasteiger partial charge in [-0.3, -0.25) is 19.8 Å². The number of rotatable bonds is 1. The number of benzene rings is 2. The summed E-state index contributed by atoms with van der Waals surface area (Å²) in [6, 6.07) is 14.6. The molecule has 1 unspecified atom stereocenters. The average Bonchev–Trinajstić information content (AvgIpc) is 3.28. The van der Waals surface area contributed by atoms with Crippen LogP contribution in [0.4, 0.5) is 11.4 Å². The van der Waals surface area contributed by atoms with Gasteiger partial charge in [0.15, 0.2) is 0 Å². The van der Waals surface area contributed by atoms with Gasteiger partial charge in [0.2, 0.25) is 11.8 Å². The van der Waals surface area contributed by atoms with Crippen molar-refractivity contribution in [2.24, 2.45) is 4.99 Å². The van der Waals surface area contributed by atoms with Crippen LogP contribution in [0.5, 0.6) is 0 Å². The SMILES string of the molecule is C[C@H](O)[C@@H]1N[C@H]2N(C1=O)c1ccccc1[C@@]21CC2C(=O)N[C@@H]1C1=Nc3ccccc3CN12. The molecule has 0 aliphatic carbocycles. The number of fused-ring (bicyclic) bond motifs is 5. The third kappa shape index (κ3) is 2.02. The summed E-state index contributed by atoms with van der Waals surface area (Å²) in [6.07, 6.45) is -0.597. The first-order valence-corrected chi connectivity index (χ1v) is 11.1. The summed E-state index contributed by atoms with van der Waals surface area (Å²) in [5.74, 6) is 0.729. The molecule has 2 bridgehead atoms. The van der Waals surface area contributed by atoms with E-state index in [-0.39, 0.29) is 30.1 Å². The molecule has 3 N–H and O–H groups in total. The number of hydrogen-bond acceptors (Lipinski definition) is 6. The summed E-state index contributed by atoms with van der Waals surface area (Å²) < 4.78 is 0. The molecule has 2 aromatic rings. The van der Waals surface area contributed by atoms with Crippen molar-refractivity contribution in [1.29, 1.82) is 0 Å². The molecule has 6 atom stereocenters. The summed E-state index contributed by atoms with van der Waals surface area (Å²) in [5.41, 5.74) is 3.38. The van der Waals surface area contributed by atoms with E-state index < -0.39 is 17.6 Å². The van der Waals surface area contributed by atoms with Gasteiger partial charge in [0.25, 0.3) is 0 Å². The molecular weight excluding hydrogens is 406 g/mol. The fraction of sp³-hybridized carbons (Fsp3) is 0.375. The van der Waals surface area contributed by atoms with E-state index >= 15 is 0 Å². The minimum atomic E-state index is -0.817. The second kappa shape index (κ2) is 5.96. The van der Waals surface area contributed by atoms with Gasteiger partial charge < -0.3 is 15.3 Å². The molecule has 0 aromatic heterocycles. The van der Waals surface area contributed by atoms with Gasteiger partial charge in [-0.15, -0.1) is 0 Å². The largest absolute Gasteiger partial charge is 0.391 e. The van der Waals surface area contributed by atoms with Crippen LogP contribution >= 0.6 is 0 Å². The smallest absolute Gasteiger partial charge is 0.248 e. The van der Waals surface area contributed by atoms with Crippen LogP contribution in [0.1, 0.15) is 24.5 Å². The summed E-state index contributed by atoms with van der Waals surface area (Å²) in [4.78, 5) is 35.3. The van der Waals surface area contributed by atoms with Crippen molar-refractivity contribution in [1.82, 2.24) is 15.5 Å². The summed E-state index contributed by atoms with van der Waals surface area (Å²) in [7, 11) is 0. The zero-order valence-electron chi connectivity index (χ0n) is 17.5. The fourth-order valence-corrected chi connectivity index (χ4v) is 6.49. The van der Waals surface area contributed by atoms with Gasteiger partial charge in [0, 0.05) is 12.2 Å². The van der Waals surface area contributed by atoms with E-state index in [0.717, 1.165) is 28.3 Å². The molecule has 0 saturated carbocycles. The number of aliphatic hydroxyl groups is 1. The zero-order valence-corrected chi connectivity index (χ0v) is 17.5. The maximum absolute atomic E-state index is 13.3. The number of anilines is 1. The monoisotopic (exact) mass is 429 g/mol. The number of aliphatic hydroxyl groups excluding tert-OH is 1. The predicted octanol–water partition coefficient (Wildman–Crippen LogP) is 0.766. The molecule has 6 aliphatic rings. The lowest BCUT2D eigenvalue weighted by Crippen LogP contribution is -2.78. The number of para-hydroxylation sites is 2. The number of piperidine rings is 2. The Labute approximate surface area is 184 Å². The lowest BCUT2D eigenvalue weighted by molar-refractivity contribution is -0.132. The molecule has 8 nitrogen and oxygen atoms in total. The minimum Gasteiger partial charge on any atom is -0.391 e. The molecular formula is C24H23N5O3. The number of aliphatic imine (C=N–C) groups is 1. The molecule has 0 radical (unpaired) electrons. The first kappa shape index (κ1) is 18.4. The predicted molar refractivity (Wildman–Crippen MR) is 117 cm³/mol. The maximum Gasteiger partial charge on any atom is 0.248 e. The van der Waals surface area contributed by atoms with Crippen LogP contribution < -0.4 is 15.5 Å². The first-order valence-electron chi connectivity index (χ1n) is 11.1. The first-order chi connectivity index (χ1) is 15.5. The highest BCUT2D eigenvalue weighted by Crippen LogP contribution is 2.56. The number of hydrogen-bond donors (Lipinski definition) is 3. The van der Waals surface area contributed by atoms with E-state index in [0.29, 0.717) is 13.0 Å². The Kier molecular flexibility index (Phi) is 3.42. The molecule has 2 aromatic carbocycles. The van der Waals surface area contributed by atoms with Gasteiger partial charge in [0.1, 0.15) is 24.1 Å². The number of carbonyl (C=O) groups is 2. The highest BCUT2D eigenvalue weighted by molar-refractivity contribution is 6.08. The minimum absolute atomic E-state index is 0.00582. The van der Waals surface area contributed by atoms with Gasteiger partial charge in [-0.25, -0.2) is 4.99 Å². The van der Waals surface area contributed by atoms with Gasteiger partial charge in [-0.2, -0.15) is 0 Å². The van der Waals surface area contributed by atoms with Crippen molar-refractivity contribution in [3.8, 4) is 0 Å². The van der Waals surface area contributed by atoms with Crippen LogP contribution in [-0.4, -0.2) is 58.1 Å². The Bertz CT molecular complexity index is 1230. The second-order valence-electron chi connectivity index (χ2n) is 9.44. The average molecular weight is 429 g/mol. The summed E-state index contributed by atoms with van der Waals surface area (Å²) >= 11 is 0. The Hall–Kier alpha value is -3.23. The van der Waals surface area contributed by atoms with E-state index in [1.165, 1.54) is 0 Å². The topological polar surface area (TPSA) is 97.3 Å². The van der Waals surface area contributed by atoms with Gasteiger partial charge in [-0.1, -0.05) is 36.4 Å². The molecule has 6 aliphatic heterocycles. The molecule has 4 fully saturated rings. The van der Waals surface area contributed by atoms with Crippen LogP contribution in [0.25, 0.3) is 0 Å². The third-order valence-corrected chi connectivity index (χ3v) is 7.87. The summed E-state index contributed by atoms with van der Waals surface area (Å²) in [5, 5.41) is 16.9.